The minimum Gasteiger partial charge on any atom is -0.324 e. The van der Waals surface area contributed by atoms with Crippen molar-refractivity contribution >= 4 is 0 Å². The van der Waals surface area contributed by atoms with Gasteiger partial charge in [-0.2, -0.15) is 0 Å². The molecule has 1 aromatic carbocycles. The van der Waals surface area contributed by atoms with Crippen LogP contribution in [0.15, 0.2) is 24.3 Å². The maximum absolute atomic E-state index is 12.6. The van der Waals surface area contributed by atoms with Gasteiger partial charge in [-0.15, -0.1) is 0 Å². The molecule has 0 spiro atoms. The second-order valence-corrected chi connectivity index (χ2v) is 3.32. The van der Waals surface area contributed by atoms with Crippen molar-refractivity contribution in [3.8, 4) is 0 Å². The Labute approximate surface area is 82.9 Å². The molecule has 1 unspecified atom stereocenters. The van der Waals surface area contributed by atoms with Crippen LogP contribution < -0.4 is 5.73 Å². The maximum atomic E-state index is 12.6. The van der Waals surface area contributed by atoms with E-state index in [9.17, 15) is 8.78 Å². The summed E-state index contributed by atoms with van der Waals surface area (Å²) in [6, 6.07) is 6.21. The average Bonchev–Trinajstić information content (AvgIpc) is 2.18. The van der Waals surface area contributed by atoms with Crippen LogP contribution in [0.5, 0.6) is 0 Å². The van der Waals surface area contributed by atoms with Crippen molar-refractivity contribution in [1.82, 2.24) is 0 Å². The topological polar surface area (TPSA) is 26.0 Å². The molecule has 3 heteroatoms. The first-order chi connectivity index (χ1) is 6.66. The van der Waals surface area contributed by atoms with Gasteiger partial charge in [0.05, 0.1) is 0 Å². The molecule has 0 aliphatic heterocycles. The molecule has 0 fully saturated rings. The lowest BCUT2D eigenvalue weighted by molar-refractivity contribution is 0.149. The first-order valence-corrected chi connectivity index (χ1v) is 4.79. The normalized spacial score (nSPS) is 13.2. The zero-order valence-corrected chi connectivity index (χ0v) is 8.21. The van der Waals surface area contributed by atoms with Crippen molar-refractivity contribution in [3.05, 3.63) is 35.4 Å². The van der Waals surface area contributed by atoms with E-state index >= 15 is 0 Å². The van der Waals surface area contributed by atoms with E-state index in [2.05, 4.69) is 0 Å². The average molecular weight is 199 g/mol. The van der Waals surface area contributed by atoms with Crippen LogP contribution in [0, 0.1) is 0 Å². The van der Waals surface area contributed by atoms with Crippen molar-refractivity contribution in [2.75, 3.05) is 0 Å². The van der Waals surface area contributed by atoms with Gasteiger partial charge in [0.25, 0.3) is 6.43 Å². The summed E-state index contributed by atoms with van der Waals surface area (Å²) in [6.45, 7) is 1.99. The van der Waals surface area contributed by atoms with Crippen LogP contribution in [0.1, 0.15) is 43.4 Å². The molecule has 1 nitrogen and oxygen atoms in total. The Bertz CT molecular complexity index is 286. The van der Waals surface area contributed by atoms with Gasteiger partial charge in [0, 0.05) is 11.6 Å². The third-order valence-corrected chi connectivity index (χ3v) is 2.23. The van der Waals surface area contributed by atoms with E-state index in [1.807, 2.05) is 6.92 Å². The highest BCUT2D eigenvalue weighted by molar-refractivity contribution is 5.30. The van der Waals surface area contributed by atoms with Crippen LogP contribution in [0.25, 0.3) is 0 Å². The lowest BCUT2D eigenvalue weighted by atomic mass is 9.98. The van der Waals surface area contributed by atoms with Crippen LogP contribution in [-0.2, 0) is 0 Å². The second kappa shape index (κ2) is 5.05. The van der Waals surface area contributed by atoms with Gasteiger partial charge in [0.1, 0.15) is 0 Å². The summed E-state index contributed by atoms with van der Waals surface area (Å²) in [6.07, 6.45) is -0.795. The predicted octanol–water partition coefficient (Wildman–Crippen LogP) is 3.42. The minimum atomic E-state index is -2.44. The molecule has 1 atom stereocenters. The number of nitrogens with two attached hydrogens (primary N) is 1. The van der Waals surface area contributed by atoms with Gasteiger partial charge in [0.2, 0.25) is 0 Å². The van der Waals surface area contributed by atoms with Gasteiger partial charge < -0.3 is 5.73 Å². The Morgan fingerprint density at radius 1 is 1.21 bits per heavy atom. The standard InChI is InChI=1S/C11H15F2N/c1-2-5-10(14)8-6-3-4-7-9(8)11(12)13/h3-4,6-7,10-11H,2,5,14H2,1H3. The number of hydrogen-bond donors (Lipinski definition) is 1. The summed E-state index contributed by atoms with van der Waals surface area (Å²) in [4.78, 5) is 0. The number of rotatable bonds is 4. The molecule has 0 saturated carbocycles. The Kier molecular flexibility index (Phi) is 4.01. The first-order valence-electron chi connectivity index (χ1n) is 4.79. The zero-order valence-electron chi connectivity index (χ0n) is 8.21. The number of halogens is 2. The Hall–Kier alpha value is -0.960. The quantitative estimate of drug-likeness (QED) is 0.789. The number of benzene rings is 1. The molecule has 0 amide bonds. The monoisotopic (exact) mass is 199 g/mol. The molecule has 0 bridgehead atoms. The molecule has 0 aromatic heterocycles. The lowest BCUT2D eigenvalue weighted by Gasteiger charge is -2.15. The first kappa shape index (κ1) is 11.1. The van der Waals surface area contributed by atoms with Gasteiger partial charge in [-0.25, -0.2) is 8.78 Å². The third-order valence-electron chi connectivity index (χ3n) is 2.23. The van der Waals surface area contributed by atoms with Crippen molar-refractivity contribution in [2.24, 2.45) is 5.73 Å². The Morgan fingerprint density at radius 3 is 2.29 bits per heavy atom. The van der Waals surface area contributed by atoms with Crippen LogP contribution in [0.3, 0.4) is 0 Å². The molecule has 78 valence electrons. The van der Waals surface area contributed by atoms with E-state index in [-0.39, 0.29) is 11.6 Å². The van der Waals surface area contributed by atoms with E-state index in [1.54, 1.807) is 18.2 Å². The zero-order chi connectivity index (χ0) is 10.6. The fourth-order valence-electron chi connectivity index (χ4n) is 1.51. The minimum absolute atomic E-state index is 0.0634. The highest BCUT2D eigenvalue weighted by atomic mass is 19.3. The summed E-state index contributed by atoms with van der Waals surface area (Å²) in [5, 5.41) is 0. The van der Waals surface area contributed by atoms with Crippen LogP contribution in [-0.4, -0.2) is 0 Å². The predicted molar refractivity (Wildman–Crippen MR) is 53.2 cm³/mol. The van der Waals surface area contributed by atoms with E-state index < -0.39 is 6.43 Å². The summed E-state index contributed by atoms with van der Waals surface area (Å²) in [5.74, 6) is 0. The maximum Gasteiger partial charge on any atom is 0.264 e. The van der Waals surface area contributed by atoms with Crippen molar-refractivity contribution in [2.45, 2.75) is 32.2 Å². The molecule has 0 aliphatic rings. The summed E-state index contributed by atoms with van der Waals surface area (Å²) in [5.41, 5.74) is 6.45. The SMILES string of the molecule is CCCC(N)c1ccccc1C(F)F. The summed E-state index contributed by atoms with van der Waals surface area (Å²) < 4.78 is 25.1. The highest BCUT2D eigenvalue weighted by Gasteiger charge is 2.15. The molecule has 0 radical (unpaired) electrons. The Balaban J connectivity index is 2.94. The largest absolute Gasteiger partial charge is 0.324 e. The molecule has 0 heterocycles. The highest BCUT2D eigenvalue weighted by Crippen LogP contribution is 2.27. The van der Waals surface area contributed by atoms with Gasteiger partial charge in [-0.3, -0.25) is 0 Å². The van der Waals surface area contributed by atoms with E-state index in [1.165, 1.54) is 6.07 Å². The van der Waals surface area contributed by atoms with Crippen LogP contribution in [0.4, 0.5) is 8.78 Å². The molecule has 0 aliphatic carbocycles. The molecule has 1 rings (SSSR count). The number of alkyl halides is 2. The van der Waals surface area contributed by atoms with Crippen molar-refractivity contribution < 1.29 is 8.78 Å². The van der Waals surface area contributed by atoms with Gasteiger partial charge in [0.15, 0.2) is 0 Å². The molecule has 1 aromatic rings. The fourth-order valence-corrected chi connectivity index (χ4v) is 1.51. The van der Waals surface area contributed by atoms with E-state index in [4.69, 9.17) is 5.73 Å². The van der Waals surface area contributed by atoms with Crippen LogP contribution in [0.2, 0.25) is 0 Å². The van der Waals surface area contributed by atoms with Gasteiger partial charge >= 0.3 is 0 Å². The fraction of sp³-hybridized carbons (Fsp3) is 0.455. The summed E-state index contributed by atoms with van der Waals surface area (Å²) >= 11 is 0. The molecule has 14 heavy (non-hydrogen) atoms. The lowest BCUT2D eigenvalue weighted by Crippen LogP contribution is -2.12. The summed E-state index contributed by atoms with van der Waals surface area (Å²) in [7, 11) is 0. The Morgan fingerprint density at radius 2 is 1.79 bits per heavy atom. The number of hydrogen-bond acceptors (Lipinski definition) is 1. The molecular formula is C11H15F2N. The van der Waals surface area contributed by atoms with Gasteiger partial charge in [-0.05, 0) is 12.0 Å². The molecule has 0 saturated heterocycles. The van der Waals surface area contributed by atoms with E-state index in [0.717, 1.165) is 12.8 Å². The smallest absolute Gasteiger partial charge is 0.264 e. The van der Waals surface area contributed by atoms with Gasteiger partial charge in [-0.1, -0.05) is 37.6 Å². The van der Waals surface area contributed by atoms with E-state index in [0.29, 0.717) is 5.56 Å². The van der Waals surface area contributed by atoms with Crippen LogP contribution >= 0.6 is 0 Å². The van der Waals surface area contributed by atoms with Crippen molar-refractivity contribution in [1.29, 1.82) is 0 Å². The molecular weight excluding hydrogens is 184 g/mol. The molecule has 2 N–H and O–H groups in total. The second-order valence-electron chi connectivity index (χ2n) is 3.32. The van der Waals surface area contributed by atoms with Crippen molar-refractivity contribution in [3.63, 3.8) is 0 Å². The third kappa shape index (κ3) is 2.51.